The first-order chi connectivity index (χ1) is 14.8. The second-order valence-electron chi connectivity index (χ2n) is 6.97. The number of amides is 2. The number of carbonyl (C=O) groups excluding carboxylic acids is 2. The number of hydrogen-bond donors (Lipinski definition) is 3. The number of hydrogen-bond acceptors (Lipinski definition) is 4. The average Bonchev–Trinajstić information content (AvgIpc) is 2.75. The molecular formula is C21H25Cl4N5O3. The quantitative estimate of drug-likeness (QED) is 0.385. The third-order valence-corrected chi connectivity index (χ3v) is 5.29. The van der Waals surface area contributed by atoms with E-state index < -0.39 is 5.91 Å². The molecule has 2 aromatic rings. The van der Waals surface area contributed by atoms with E-state index in [0.29, 0.717) is 47.5 Å². The Kier molecular flexibility index (Phi) is 11.9. The molecule has 5 N–H and O–H groups in total. The summed E-state index contributed by atoms with van der Waals surface area (Å²) in [7, 11) is 0. The first-order valence-corrected chi connectivity index (χ1v) is 10.4. The lowest BCUT2D eigenvalue weighted by Gasteiger charge is -2.26. The molecule has 2 amide bonds. The Balaban J connectivity index is 0.00000272. The molecule has 0 atom stereocenters. The molecule has 180 valence electrons. The van der Waals surface area contributed by atoms with E-state index >= 15 is 0 Å². The second kappa shape index (κ2) is 13.6. The molecule has 8 nitrogen and oxygen atoms in total. The van der Waals surface area contributed by atoms with Crippen LogP contribution in [0.2, 0.25) is 10.0 Å². The fraction of sp³-hybridized carbons (Fsp3) is 0.286. The molecule has 3 rings (SSSR count). The third-order valence-electron chi connectivity index (χ3n) is 4.73. The van der Waals surface area contributed by atoms with Crippen LogP contribution in [0.1, 0.15) is 20.7 Å². The van der Waals surface area contributed by atoms with Crippen LogP contribution in [0, 0.1) is 0 Å². The molecule has 33 heavy (non-hydrogen) atoms. The fourth-order valence-corrected chi connectivity index (χ4v) is 3.59. The molecule has 0 radical (unpaired) electrons. The summed E-state index contributed by atoms with van der Waals surface area (Å²) in [6, 6.07) is 9.62. The summed E-state index contributed by atoms with van der Waals surface area (Å²) in [6.45, 7) is 4.19. The zero-order chi connectivity index (χ0) is 22.4. The molecule has 0 unspecified atom stereocenters. The van der Waals surface area contributed by atoms with E-state index in [1.54, 1.807) is 30.3 Å². The summed E-state index contributed by atoms with van der Waals surface area (Å²) in [5.41, 5.74) is 12.2. The minimum Gasteiger partial charge on any atom is -0.379 e. The van der Waals surface area contributed by atoms with Crippen LogP contribution in [0.4, 0.5) is 0 Å². The van der Waals surface area contributed by atoms with Gasteiger partial charge in [0.25, 0.3) is 11.8 Å². The van der Waals surface area contributed by atoms with Crippen LogP contribution >= 0.6 is 48.0 Å². The number of rotatable bonds is 6. The van der Waals surface area contributed by atoms with Crippen LogP contribution in [0.5, 0.6) is 0 Å². The average molecular weight is 537 g/mol. The Morgan fingerprint density at radius 1 is 1.03 bits per heavy atom. The Hall–Kier alpha value is -2.07. The van der Waals surface area contributed by atoms with Crippen molar-refractivity contribution < 1.29 is 14.3 Å². The largest absolute Gasteiger partial charge is 0.379 e. The lowest BCUT2D eigenvalue weighted by Crippen LogP contribution is -2.41. The number of nitrogens with one attached hydrogen (secondary N) is 1. The number of carbonyl (C=O) groups is 2. The van der Waals surface area contributed by atoms with Gasteiger partial charge in [0.05, 0.1) is 13.2 Å². The van der Waals surface area contributed by atoms with Gasteiger partial charge in [-0.2, -0.15) is 4.99 Å². The van der Waals surface area contributed by atoms with E-state index in [-0.39, 0.29) is 47.8 Å². The highest BCUT2D eigenvalue weighted by atomic mass is 35.5. The lowest BCUT2D eigenvalue weighted by atomic mass is 9.99. The number of benzene rings is 2. The summed E-state index contributed by atoms with van der Waals surface area (Å²) in [6.07, 6.45) is 0. The van der Waals surface area contributed by atoms with Crippen LogP contribution < -0.4 is 16.8 Å². The smallest absolute Gasteiger partial charge is 0.280 e. The Labute approximate surface area is 214 Å². The predicted octanol–water partition coefficient (Wildman–Crippen LogP) is 2.98. The topological polar surface area (TPSA) is 123 Å². The van der Waals surface area contributed by atoms with Crippen LogP contribution in [-0.2, 0) is 4.74 Å². The van der Waals surface area contributed by atoms with Gasteiger partial charge < -0.3 is 21.5 Å². The van der Waals surface area contributed by atoms with Gasteiger partial charge in [-0.05, 0) is 42.0 Å². The number of morpholine rings is 1. The van der Waals surface area contributed by atoms with Crippen molar-refractivity contribution in [2.24, 2.45) is 16.5 Å². The summed E-state index contributed by atoms with van der Waals surface area (Å²) in [5.74, 6) is -1.36. The number of guanidine groups is 1. The fourth-order valence-electron chi connectivity index (χ4n) is 3.19. The van der Waals surface area contributed by atoms with Crippen LogP contribution in [-0.4, -0.2) is 62.1 Å². The predicted molar refractivity (Wildman–Crippen MR) is 136 cm³/mol. The van der Waals surface area contributed by atoms with Crippen molar-refractivity contribution >= 4 is 65.8 Å². The molecule has 12 heteroatoms. The summed E-state index contributed by atoms with van der Waals surface area (Å²) >= 11 is 12.4. The van der Waals surface area contributed by atoms with Gasteiger partial charge in [-0.3, -0.25) is 14.5 Å². The molecule has 0 saturated carbocycles. The number of halogens is 4. The first-order valence-electron chi connectivity index (χ1n) is 9.66. The van der Waals surface area contributed by atoms with Crippen molar-refractivity contribution in [3.63, 3.8) is 0 Å². The molecule has 1 saturated heterocycles. The van der Waals surface area contributed by atoms with E-state index in [9.17, 15) is 9.59 Å². The first kappa shape index (κ1) is 29.0. The van der Waals surface area contributed by atoms with Crippen LogP contribution in [0.25, 0.3) is 11.1 Å². The molecule has 1 aliphatic rings. The summed E-state index contributed by atoms with van der Waals surface area (Å²) in [5, 5.41) is 3.78. The third kappa shape index (κ3) is 8.33. The van der Waals surface area contributed by atoms with E-state index in [1.165, 1.54) is 6.07 Å². The van der Waals surface area contributed by atoms with Crippen molar-refractivity contribution in [2.45, 2.75) is 0 Å². The molecule has 1 heterocycles. The van der Waals surface area contributed by atoms with E-state index in [0.717, 1.165) is 13.1 Å². The van der Waals surface area contributed by atoms with Gasteiger partial charge in [-0.15, -0.1) is 24.8 Å². The maximum absolute atomic E-state index is 12.8. The number of nitrogens with zero attached hydrogens (tertiary/aromatic N) is 2. The standard InChI is InChI=1S/C21H23Cl2N5O3.2ClH/c22-16-1-2-18(23)17(12-16)13-9-14(11-15(10-13)20(30)27-21(24)25)19(29)26-3-4-28-5-7-31-8-6-28;;/h1-2,9-12H,3-8H2,(H,26,29)(H4,24,25,27,30);2*1H. The van der Waals surface area contributed by atoms with Crippen LogP contribution in [0.3, 0.4) is 0 Å². The SMILES string of the molecule is Cl.Cl.NC(N)=NC(=O)c1cc(C(=O)NCCN2CCOCC2)cc(-c2cc(Cl)ccc2Cl)c1. The highest BCUT2D eigenvalue weighted by Crippen LogP contribution is 2.32. The van der Waals surface area contributed by atoms with Gasteiger partial charge in [0.2, 0.25) is 0 Å². The molecule has 0 spiro atoms. The molecule has 0 aromatic heterocycles. The Morgan fingerprint density at radius 3 is 2.36 bits per heavy atom. The van der Waals surface area contributed by atoms with Gasteiger partial charge in [-0.1, -0.05) is 23.2 Å². The van der Waals surface area contributed by atoms with Gasteiger partial charge in [0.15, 0.2) is 5.96 Å². The van der Waals surface area contributed by atoms with Gasteiger partial charge in [0.1, 0.15) is 0 Å². The zero-order valence-electron chi connectivity index (χ0n) is 17.6. The van der Waals surface area contributed by atoms with E-state index in [2.05, 4.69) is 15.2 Å². The van der Waals surface area contributed by atoms with Crippen LogP contribution in [0.15, 0.2) is 41.4 Å². The summed E-state index contributed by atoms with van der Waals surface area (Å²) < 4.78 is 5.32. The molecule has 0 aliphatic carbocycles. The van der Waals surface area contributed by atoms with E-state index in [4.69, 9.17) is 39.4 Å². The highest BCUT2D eigenvalue weighted by Gasteiger charge is 2.16. The Bertz CT molecular complexity index is 1010. The monoisotopic (exact) mass is 535 g/mol. The second-order valence-corrected chi connectivity index (χ2v) is 7.82. The maximum Gasteiger partial charge on any atom is 0.280 e. The number of aliphatic imine (C=N–C) groups is 1. The molecule has 1 fully saturated rings. The van der Waals surface area contributed by atoms with Gasteiger partial charge in [0, 0.05) is 52.9 Å². The summed E-state index contributed by atoms with van der Waals surface area (Å²) in [4.78, 5) is 31.0. The number of nitrogens with two attached hydrogens (primary N) is 2. The number of ether oxygens (including phenoxy) is 1. The van der Waals surface area contributed by atoms with Crippen molar-refractivity contribution in [3.8, 4) is 11.1 Å². The zero-order valence-corrected chi connectivity index (χ0v) is 20.7. The van der Waals surface area contributed by atoms with Crippen molar-refractivity contribution in [1.29, 1.82) is 0 Å². The minimum absolute atomic E-state index is 0. The molecule has 2 aromatic carbocycles. The van der Waals surface area contributed by atoms with Gasteiger partial charge >= 0.3 is 0 Å². The van der Waals surface area contributed by atoms with Gasteiger partial charge in [-0.25, -0.2) is 0 Å². The molecule has 0 bridgehead atoms. The lowest BCUT2D eigenvalue weighted by molar-refractivity contribution is 0.0383. The minimum atomic E-state index is -0.664. The Morgan fingerprint density at radius 2 is 1.70 bits per heavy atom. The van der Waals surface area contributed by atoms with E-state index in [1.807, 2.05) is 0 Å². The van der Waals surface area contributed by atoms with Crippen molar-refractivity contribution in [3.05, 3.63) is 57.6 Å². The van der Waals surface area contributed by atoms with Crippen molar-refractivity contribution in [1.82, 2.24) is 10.2 Å². The molecule has 1 aliphatic heterocycles. The maximum atomic E-state index is 12.8. The normalized spacial score (nSPS) is 13.3. The molecular weight excluding hydrogens is 512 g/mol. The highest BCUT2D eigenvalue weighted by molar-refractivity contribution is 6.35. The van der Waals surface area contributed by atoms with Crippen molar-refractivity contribution in [2.75, 3.05) is 39.4 Å².